The van der Waals surface area contributed by atoms with Crippen molar-refractivity contribution >= 4 is 81.5 Å². The lowest BCUT2D eigenvalue weighted by Gasteiger charge is -2.19. The van der Waals surface area contributed by atoms with Gasteiger partial charge in [0.25, 0.3) is 0 Å². The summed E-state index contributed by atoms with van der Waals surface area (Å²) in [5.74, 6) is -0.406. The number of anilines is 1. The monoisotopic (exact) mass is 615 g/mol. The third-order valence-electron chi connectivity index (χ3n) is 7.42. The van der Waals surface area contributed by atoms with Crippen LogP contribution in [-0.2, 0) is 16.1 Å². The molecule has 218 valence electrons. The molecule has 0 saturated carbocycles. The fourth-order valence-electron chi connectivity index (χ4n) is 5.63. The smallest absolute Gasteiger partial charge is 0.412 e. The zero-order valence-electron chi connectivity index (χ0n) is 24.5. The van der Waals surface area contributed by atoms with Crippen molar-refractivity contribution < 1.29 is 19.1 Å². The molecule has 44 heavy (non-hydrogen) atoms. The lowest BCUT2D eigenvalue weighted by Crippen LogP contribution is -2.27. The Kier molecular flexibility index (Phi) is 7.07. The number of carbonyl (C=O) groups excluding carboxylic acids is 2. The van der Waals surface area contributed by atoms with Crippen LogP contribution in [0.25, 0.3) is 52.8 Å². The number of amides is 1. The van der Waals surface area contributed by atoms with Crippen molar-refractivity contribution in [1.29, 1.82) is 0 Å². The van der Waals surface area contributed by atoms with Crippen LogP contribution < -0.4 is 5.32 Å². The molecule has 0 saturated heterocycles. The number of benzene rings is 5. The number of carbonyl (C=O) groups is 2. The molecule has 0 unspecified atom stereocenters. The minimum atomic E-state index is -0.675. The minimum Gasteiger partial charge on any atom is -0.457 e. The van der Waals surface area contributed by atoms with Gasteiger partial charge >= 0.3 is 12.1 Å². The predicted molar refractivity (Wildman–Crippen MR) is 183 cm³/mol. The summed E-state index contributed by atoms with van der Waals surface area (Å²) in [5, 5.41) is 9.81. The molecule has 7 rings (SSSR count). The Hall–Kier alpha value is -4.72. The van der Waals surface area contributed by atoms with Crippen molar-refractivity contribution in [2.45, 2.75) is 33.0 Å². The predicted octanol–water partition coefficient (Wildman–Crippen LogP) is 10.8. The van der Waals surface area contributed by atoms with E-state index in [4.69, 9.17) is 9.47 Å². The van der Waals surface area contributed by atoms with E-state index in [9.17, 15) is 9.59 Å². The van der Waals surface area contributed by atoms with Crippen LogP contribution in [0.5, 0.6) is 0 Å². The molecule has 1 N–H and O–H groups in total. The van der Waals surface area contributed by atoms with Gasteiger partial charge in [0.15, 0.2) is 0 Å². The van der Waals surface area contributed by atoms with E-state index < -0.39 is 17.7 Å². The van der Waals surface area contributed by atoms with Gasteiger partial charge in [-0.05, 0) is 60.0 Å². The molecule has 0 atom stereocenters. The third-order valence-corrected chi connectivity index (χ3v) is 9.63. The lowest BCUT2D eigenvalue weighted by molar-refractivity contribution is 0.0479. The molecular formula is C37H29NO4S2. The van der Waals surface area contributed by atoms with E-state index in [2.05, 4.69) is 53.8 Å². The Morgan fingerprint density at radius 1 is 0.682 bits per heavy atom. The van der Waals surface area contributed by atoms with E-state index in [0.717, 1.165) is 58.4 Å². The highest BCUT2D eigenvalue weighted by molar-refractivity contribution is 7.24. The number of fused-ring (bicyclic) bond motifs is 6. The zero-order chi connectivity index (χ0) is 30.4. The Labute approximate surface area is 262 Å². The minimum absolute atomic E-state index is 0.157. The lowest BCUT2D eigenvalue weighted by atomic mass is 9.94. The van der Waals surface area contributed by atoms with Gasteiger partial charge in [-0.2, -0.15) is 0 Å². The van der Waals surface area contributed by atoms with Crippen LogP contribution in [0, 0.1) is 0 Å². The molecule has 1 amide bonds. The van der Waals surface area contributed by atoms with Crippen molar-refractivity contribution in [1.82, 2.24) is 0 Å². The van der Waals surface area contributed by atoms with Gasteiger partial charge in [-0.1, -0.05) is 91.0 Å². The highest BCUT2D eigenvalue weighted by Crippen LogP contribution is 2.52. The molecule has 0 aliphatic rings. The van der Waals surface area contributed by atoms with Crippen molar-refractivity contribution in [3.63, 3.8) is 0 Å². The second kappa shape index (κ2) is 11.1. The van der Waals surface area contributed by atoms with Crippen molar-refractivity contribution in [2.24, 2.45) is 0 Å². The van der Waals surface area contributed by atoms with Crippen LogP contribution >= 0.6 is 22.7 Å². The Balaban J connectivity index is 1.52. The molecular weight excluding hydrogens is 587 g/mol. The summed E-state index contributed by atoms with van der Waals surface area (Å²) in [6.45, 7) is 5.67. The van der Waals surface area contributed by atoms with Gasteiger partial charge in [-0.3, -0.25) is 5.32 Å². The number of ether oxygens (including phenoxy) is 2. The van der Waals surface area contributed by atoms with Crippen LogP contribution in [-0.4, -0.2) is 17.7 Å². The summed E-state index contributed by atoms with van der Waals surface area (Å²) in [5.41, 5.74) is 1.79. The topological polar surface area (TPSA) is 64.6 Å². The number of esters is 1. The number of nitrogens with one attached hydrogen (secondary N) is 1. The molecule has 0 radical (unpaired) electrons. The molecule has 0 bridgehead atoms. The van der Waals surface area contributed by atoms with Gasteiger partial charge in [0.2, 0.25) is 0 Å². The molecule has 0 spiro atoms. The van der Waals surface area contributed by atoms with Gasteiger partial charge in [-0.15, -0.1) is 22.7 Å². The van der Waals surface area contributed by atoms with E-state index in [-0.39, 0.29) is 6.61 Å². The number of rotatable bonds is 5. The van der Waals surface area contributed by atoms with Crippen LogP contribution in [0.3, 0.4) is 0 Å². The van der Waals surface area contributed by atoms with Crippen molar-refractivity contribution in [3.8, 4) is 11.1 Å². The van der Waals surface area contributed by atoms with Crippen LogP contribution in [0.15, 0.2) is 103 Å². The Morgan fingerprint density at radius 3 is 1.89 bits per heavy atom. The third kappa shape index (κ3) is 5.19. The summed E-state index contributed by atoms with van der Waals surface area (Å²) in [4.78, 5) is 27.8. The highest BCUT2D eigenvalue weighted by atomic mass is 32.1. The summed E-state index contributed by atoms with van der Waals surface area (Å²) in [6.07, 6.45) is -0.549. The number of thiophene rings is 2. The summed E-state index contributed by atoms with van der Waals surface area (Å²) in [6, 6.07) is 34.4. The largest absolute Gasteiger partial charge is 0.457 e. The first-order valence-corrected chi connectivity index (χ1v) is 16.0. The molecule has 7 aromatic rings. The van der Waals surface area contributed by atoms with Crippen LogP contribution in [0.1, 0.15) is 36.0 Å². The number of hydrogen-bond donors (Lipinski definition) is 1. The molecule has 5 aromatic carbocycles. The molecule has 0 aliphatic carbocycles. The van der Waals surface area contributed by atoms with Crippen LogP contribution in [0.4, 0.5) is 9.80 Å². The molecule has 5 nitrogen and oxygen atoms in total. The zero-order valence-corrected chi connectivity index (χ0v) is 26.1. The van der Waals surface area contributed by atoms with E-state index in [0.29, 0.717) is 9.88 Å². The van der Waals surface area contributed by atoms with E-state index in [1.807, 2.05) is 75.4 Å². The van der Waals surface area contributed by atoms with Gasteiger partial charge in [0.1, 0.15) is 22.1 Å². The first-order chi connectivity index (χ1) is 21.3. The van der Waals surface area contributed by atoms with Crippen molar-refractivity contribution in [2.75, 3.05) is 5.32 Å². The SMILES string of the molecule is CC(C)(C)OC(=O)Nc1sc2ccc3ccccc3c2c1-c1c(C(=O)OCc2ccccc2)sc2ccc3ccccc3c12. The van der Waals surface area contributed by atoms with Crippen molar-refractivity contribution in [3.05, 3.63) is 114 Å². The summed E-state index contributed by atoms with van der Waals surface area (Å²) in [7, 11) is 0. The second-order valence-corrected chi connectivity index (χ2v) is 13.7. The first-order valence-electron chi connectivity index (χ1n) is 14.4. The number of hydrogen-bond acceptors (Lipinski definition) is 6. The molecule has 0 aliphatic heterocycles. The normalized spacial score (nSPS) is 11.8. The van der Waals surface area contributed by atoms with Gasteiger partial charge in [-0.25, -0.2) is 9.59 Å². The quantitative estimate of drug-likeness (QED) is 0.196. The van der Waals surface area contributed by atoms with Gasteiger partial charge < -0.3 is 9.47 Å². The Morgan fingerprint density at radius 2 is 1.25 bits per heavy atom. The van der Waals surface area contributed by atoms with E-state index in [1.54, 1.807) is 0 Å². The molecule has 0 fully saturated rings. The summed E-state index contributed by atoms with van der Waals surface area (Å²) >= 11 is 2.89. The summed E-state index contributed by atoms with van der Waals surface area (Å²) < 4.78 is 13.6. The highest BCUT2D eigenvalue weighted by Gasteiger charge is 2.29. The first kappa shape index (κ1) is 28.1. The van der Waals surface area contributed by atoms with Gasteiger partial charge in [0.05, 0.1) is 0 Å². The maximum Gasteiger partial charge on any atom is 0.412 e. The maximum atomic E-state index is 14.0. The standard InChI is InChI=1S/C37H29NO4S2/c1-37(2,3)42-36(40)38-34-32(30-26-16-10-8-14-24(26)18-20-28(30)44-34)31-29-25-15-9-7-13-23(25)17-19-27(29)43-33(31)35(39)41-21-22-11-5-4-6-12-22/h4-20H,21H2,1-3H3,(H,38,40). The maximum absolute atomic E-state index is 14.0. The molecule has 7 heteroatoms. The van der Waals surface area contributed by atoms with E-state index >= 15 is 0 Å². The fraction of sp³-hybridized carbons (Fsp3) is 0.135. The second-order valence-electron chi connectivity index (χ2n) is 11.6. The fourth-order valence-corrected chi connectivity index (χ4v) is 7.86. The molecule has 2 heterocycles. The average molecular weight is 616 g/mol. The van der Waals surface area contributed by atoms with E-state index in [1.165, 1.54) is 22.7 Å². The average Bonchev–Trinajstić information content (AvgIpc) is 3.57. The molecule has 2 aromatic heterocycles. The van der Waals surface area contributed by atoms with Crippen LogP contribution in [0.2, 0.25) is 0 Å². The Bertz CT molecular complexity index is 2210. The van der Waals surface area contributed by atoms with Gasteiger partial charge in [0, 0.05) is 31.3 Å².